The SMILES string of the molecule is c1ccc(-c2nc(-c3ccccc3)nc(-c3ccc4c(c3)C(c3ccccc3)(c3ccccc3)c3cc(C5(c6ccccc6)c6ccccc6-c6ccccc65)ccc3-4)n2)cc1. The molecule has 0 atom stereocenters. The minimum Gasteiger partial charge on any atom is -0.208 e. The van der Waals surface area contributed by atoms with E-state index in [1.807, 2.05) is 36.4 Å². The number of hydrogen-bond donors (Lipinski definition) is 0. The first kappa shape index (κ1) is 35.9. The predicted octanol–water partition coefficient (Wildman–Crippen LogP) is 13.6. The molecule has 0 radical (unpaired) electrons. The van der Waals surface area contributed by atoms with Crippen LogP contribution in [0.2, 0.25) is 0 Å². The Morgan fingerprint density at radius 3 is 1.03 bits per heavy atom. The van der Waals surface area contributed by atoms with E-state index < -0.39 is 10.8 Å². The lowest BCUT2D eigenvalue weighted by molar-refractivity contribution is 0.742. The van der Waals surface area contributed by atoms with Crippen LogP contribution in [-0.4, -0.2) is 15.0 Å². The summed E-state index contributed by atoms with van der Waals surface area (Å²) in [5, 5.41) is 0. The molecule has 2 aliphatic carbocycles. The van der Waals surface area contributed by atoms with Crippen molar-refractivity contribution in [3.05, 3.63) is 281 Å². The largest absolute Gasteiger partial charge is 0.208 e. The number of benzene rings is 9. The van der Waals surface area contributed by atoms with Crippen LogP contribution in [0.25, 0.3) is 56.4 Å². The summed E-state index contributed by atoms with van der Waals surface area (Å²) in [6.07, 6.45) is 0. The van der Waals surface area contributed by atoms with Gasteiger partial charge in [-0.25, -0.2) is 15.0 Å². The molecule has 0 unspecified atom stereocenters. The molecule has 3 nitrogen and oxygen atoms in total. The lowest BCUT2D eigenvalue weighted by Gasteiger charge is -2.37. The summed E-state index contributed by atoms with van der Waals surface area (Å²) in [5.74, 6) is 1.92. The molecular weight excluding hydrogens is 751 g/mol. The summed E-state index contributed by atoms with van der Waals surface area (Å²) in [7, 11) is 0. The molecule has 290 valence electrons. The minimum absolute atomic E-state index is 0.547. The van der Waals surface area contributed by atoms with Crippen LogP contribution in [0.15, 0.2) is 237 Å². The van der Waals surface area contributed by atoms with Gasteiger partial charge in [-0.15, -0.1) is 0 Å². The minimum atomic E-state index is -0.674. The first-order chi connectivity index (χ1) is 30.7. The summed E-state index contributed by atoms with van der Waals surface area (Å²) in [6.45, 7) is 0. The monoisotopic (exact) mass is 789 g/mol. The van der Waals surface area contributed by atoms with Gasteiger partial charge in [0.1, 0.15) is 0 Å². The van der Waals surface area contributed by atoms with Crippen molar-refractivity contribution in [3.8, 4) is 56.4 Å². The summed E-state index contributed by atoms with van der Waals surface area (Å²) < 4.78 is 0. The van der Waals surface area contributed by atoms with Gasteiger partial charge in [-0.3, -0.25) is 0 Å². The van der Waals surface area contributed by atoms with Gasteiger partial charge in [-0.1, -0.05) is 231 Å². The molecule has 0 spiro atoms. The highest BCUT2D eigenvalue weighted by atomic mass is 15.0. The number of fused-ring (bicyclic) bond motifs is 6. The molecule has 12 rings (SSSR count). The second kappa shape index (κ2) is 14.3. The Labute approximate surface area is 361 Å². The van der Waals surface area contributed by atoms with Crippen LogP contribution in [-0.2, 0) is 10.8 Å². The number of nitrogens with zero attached hydrogens (tertiary/aromatic N) is 3. The first-order valence-corrected chi connectivity index (χ1v) is 21.3. The first-order valence-electron chi connectivity index (χ1n) is 21.3. The highest BCUT2D eigenvalue weighted by Gasteiger charge is 2.50. The van der Waals surface area contributed by atoms with Crippen molar-refractivity contribution in [1.29, 1.82) is 0 Å². The second-order valence-electron chi connectivity index (χ2n) is 16.2. The van der Waals surface area contributed by atoms with E-state index in [0.29, 0.717) is 17.5 Å². The van der Waals surface area contributed by atoms with Crippen molar-refractivity contribution in [1.82, 2.24) is 15.0 Å². The molecule has 0 bridgehead atoms. The van der Waals surface area contributed by atoms with Crippen molar-refractivity contribution in [2.24, 2.45) is 0 Å². The zero-order valence-electron chi connectivity index (χ0n) is 33.9. The molecule has 0 aliphatic heterocycles. The highest BCUT2D eigenvalue weighted by Crippen LogP contribution is 2.60. The van der Waals surface area contributed by atoms with Crippen LogP contribution in [0, 0.1) is 0 Å². The van der Waals surface area contributed by atoms with Gasteiger partial charge in [-0.2, -0.15) is 0 Å². The fraction of sp³-hybridized carbons (Fsp3) is 0.0339. The van der Waals surface area contributed by atoms with Crippen molar-refractivity contribution >= 4 is 0 Å². The van der Waals surface area contributed by atoms with E-state index in [-0.39, 0.29) is 0 Å². The third-order valence-corrected chi connectivity index (χ3v) is 13.1. The molecule has 0 fully saturated rings. The van der Waals surface area contributed by atoms with Gasteiger partial charge in [0, 0.05) is 16.7 Å². The summed E-state index contributed by atoms with van der Waals surface area (Å²) >= 11 is 0. The van der Waals surface area contributed by atoms with Gasteiger partial charge in [0.25, 0.3) is 0 Å². The Hall–Kier alpha value is -8.01. The number of hydrogen-bond acceptors (Lipinski definition) is 3. The quantitative estimate of drug-likeness (QED) is 0.161. The van der Waals surface area contributed by atoms with Gasteiger partial charge in [0.05, 0.1) is 10.8 Å². The van der Waals surface area contributed by atoms with E-state index >= 15 is 0 Å². The molecule has 2 aliphatic rings. The van der Waals surface area contributed by atoms with E-state index in [0.717, 1.165) is 16.7 Å². The average Bonchev–Trinajstić information content (AvgIpc) is 3.83. The molecule has 0 N–H and O–H groups in total. The Bertz CT molecular complexity index is 3130. The van der Waals surface area contributed by atoms with Gasteiger partial charge in [0.15, 0.2) is 17.5 Å². The van der Waals surface area contributed by atoms with E-state index in [1.54, 1.807) is 0 Å². The fourth-order valence-corrected chi connectivity index (χ4v) is 10.5. The van der Waals surface area contributed by atoms with E-state index in [2.05, 4.69) is 200 Å². The fourth-order valence-electron chi connectivity index (χ4n) is 10.5. The zero-order chi connectivity index (χ0) is 41.1. The van der Waals surface area contributed by atoms with Crippen LogP contribution < -0.4 is 0 Å². The van der Waals surface area contributed by atoms with Gasteiger partial charge < -0.3 is 0 Å². The maximum Gasteiger partial charge on any atom is 0.164 e. The molecule has 9 aromatic carbocycles. The molecule has 1 aromatic heterocycles. The van der Waals surface area contributed by atoms with Crippen LogP contribution >= 0.6 is 0 Å². The molecule has 62 heavy (non-hydrogen) atoms. The summed E-state index contributed by atoms with van der Waals surface area (Å²) in [5.41, 5.74) is 16.5. The Morgan fingerprint density at radius 1 is 0.226 bits per heavy atom. The van der Waals surface area contributed by atoms with Crippen molar-refractivity contribution in [2.75, 3.05) is 0 Å². The van der Waals surface area contributed by atoms with Crippen molar-refractivity contribution in [2.45, 2.75) is 10.8 Å². The normalized spacial score (nSPS) is 13.7. The zero-order valence-corrected chi connectivity index (χ0v) is 33.9. The Morgan fingerprint density at radius 2 is 0.565 bits per heavy atom. The molecule has 10 aromatic rings. The molecular formula is C59H39N3. The third kappa shape index (κ3) is 5.28. The van der Waals surface area contributed by atoms with Crippen molar-refractivity contribution in [3.63, 3.8) is 0 Å². The van der Waals surface area contributed by atoms with Gasteiger partial charge in [0.2, 0.25) is 0 Å². The topological polar surface area (TPSA) is 38.7 Å². The molecule has 0 saturated carbocycles. The smallest absolute Gasteiger partial charge is 0.164 e. The molecule has 1 heterocycles. The maximum absolute atomic E-state index is 5.20. The average molecular weight is 790 g/mol. The van der Waals surface area contributed by atoms with Crippen molar-refractivity contribution < 1.29 is 0 Å². The molecule has 0 saturated heterocycles. The van der Waals surface area contributed by atoms with Gasteiger partial charge in [-0.05, 0) is 72.8 Å². The lowest BCUT2D eigenvalue weighted by Crippen LogP contribution is -2.31. The van der Waals surface area contributed by atoms with Crippen LogP contribution in [0.4, 0.5) is 0 Å². The van der Waals surface area contributed by atoms with Gasteiger partial charge >= 0.3 is 0 Å². The Balaban J connectivity index is 1.15. The van der Waals surface area contributed by atoms with Crippen LogP contribution in [0.3, 0.4) is 0 Å². The summed E-state index contributed by atoms with van der Waals surface area (Å²) in [4.78, 5) is 15.4. The molecule has 3 heteroatoms. The standard InChI is InChI=1S/C59H39N3/c1-6-20-40(21-7-1)55-60-56(41-22-8-2-9-23-41)62-57(61-55)42-34-36-49-50-37-35-46(39-54(50)58(53(49)38-42,43-24-10-3-11-25-43)44-26-12-4-13-27-44)59(45-28-14-5-15-29-45)51-32-18-16-30-47(51)48-31-17-19-33-52(48)59/h1-39H. The lowest BCUT2D eigenvalue weighted by atomic mass is 9.64. The second-order valence-corrected chi connectivity index (χ2v) is 16.2. The highest BCUT2D eigenvalue weighted by molar-refractivity contribution is 5.91. The van der Waals surface area contributed by atoms with E-state index in [1.165, 1.54) is 66.8 Å². The van der Waals surface area contributed by atoms with E-state index in [4.69, 9.17) is 15.0 Å². The predicted molar refractivity (Wildman–Crippen MR) is 251 cm³/mol. The summed E-state index contributed by atoms with van der Waals surface area (Å²) in [6, 6.07) is 85.7. The Kier molecular flexibility index (Phi) is 8.29. The number of rotatable bonds is 7. The maximum atomic E-state index is 5.20. The number of aromatic nitrogens is 3. The van der Waals surface area contributed by atoms with Crippen LogP contribution in [0.5, 0.6) is 0 Å². The molecule has 0 amide bonds. The van der Waals surface area contributed by atoms with E-state index in [9.17, 15) is 0 Å². The van der Waals surface area contributed by atoms with Crippen LogP contribution in [0.1, 0.15) is 44.5 Å². The third-order valence-electron chi connectivity index (χ3n) is 13.1.